The van der Waals surface area contributed by atoms with Gasteiger partial charge in [-0.2, -0.15) is 0 Å². The van der Waals surface area contributed by atoms with Crippen molar-refractivity contribution in [2.24, 2.45) is 0 Å². The number of piperazine rings is 1. The third-order valence-electron chi connectivity index (χ3n) is 5.37. The second kappa shape index (κ2) is 9.34. The molecule has 1 amide bonds. The Morgan fingerprint density at radius 1 is 1.03 bits per heavy atom. The summed E-state index contributed by atoms with van der Waals surface area (Å²) in [6.07, 6.45) is 1.59. The van der Waals surface area contributed by atoms with Crippen LogP contribution in [0.4, 0.5) is 22.9 Å². The van der Waals surface area contributed by atoms with Crippen molar-refractivity contribution in [2.45, 2.75) is 0 Å². The number of hydrogen-bond acceptors (Lipinski definition) is 7. The van der Waals surface area contributed by atoms with Crippen LogP contribution in [0.15, 0.2) is 66.9 Å². The number of nitrogens with zero attached hydrogens (tertiary/aromatic N) is 4. The van der Waals surface area contributed by atoms with Gasteiger partial charge in [-0.25, -0.2) is 4.98 Å². The highest BCUT2D eigenvalue weighted by Gasteiger charge is 2.20. The topological polar surface area (TPSA) is 101 Å². The summed E-state index contributed by atoms with van der Waals surface area (Å²) in [7, 11) is 1.34. The summed E-state index contributed by atoms with van der Waals surface area (Å²) in [5, 5.41) is 13.9. The third-order valence-corrected chi connectivity index (χ3v) is 5.37. The Bertz CT molecular complexity index is 1100. The molecule has 1 saturated heterocycles. The number of methoxy groups -OCH3 is 1. The van der Waals surface area contributed by atoms with Gasteiger partial charge in [0.15, 0.2) is 5.75 Å². The van der Waals surface area contributed by atoms with Gasteiger partial charge in [0.05, 0.1) is 23.9 Å². The van der Waals surface area contributed by atoms with Crippen LogP contribution in [0.25, 0.3) is 0 Å². The SMILES string of the molecule is COc1ccc(C(=O)Nc2ccc(N3CCN(c4ccccc4)CC3)nc2)cc1[N+](=O)[O-]. The average Bonchev–Trinajstić information content (AvgIpc) is 2.84. The second-order valence-electron chi connectivity index (χ2n) is 7.31. The van der Waals surface area contributed by atoms with E-state index in [-0.39, 0.29) is 17.0 Å². The molecule has 1 fully saturated rings. The summed E-state index contributed by atoms with van der Waals surface area (Å²) in [4.78, 5) is 32.2. The molecule has 0 aliphatic carbocycles. The minimum Gasteiger partial charge on any atom is -0.490 e. The Labute approximate surface area is 185 Å². The highest BCUT2D eigenvalue weighted by molar-refractivity contribution is 6.04. The zero-order valence-corrected chi connectivity index (χ0v) is 17.6. The van der Waals surface area contributed by atoms with E-state index in [1.807, 2.05) is 24.3 Å². The molecular formula is C23H23N5O4. The fraction of sp³-hybridized carbons (Fsp3) is 0.217. The second-order valence-corrected chi connectivity index (χ2v) is 7.31. The van der Waals surface area contributed by atoms with Gasteiger partial charge in [-0.3, -0.25) is 14.9 Å². The molecular weight excluding hydrogens is 410 g/mol. The first kappa shape index (κ1) is 21.1. The number of aromatic nitrogens is 1. The smallest absolute Gasteiger partial charge is 0.311 e. The van der Waals surface area contributed by atoms with E-state index in [0.29, 0.717) is 5.69 Å². The monoisotopic (exact) mass is 433 g/mol. The Morgan fingerprint density at radius 3 is 2.38 bits per heavy atom. The van der Waals surface area contributed by atoms with E-state index in [1.165, 1.54) is 31.0 Å². The number of benzene rings is 2. The van der Waals surface area contributed by atoms with Crippen molar-refractivity contribution >= 4 is 28.8 Å². The van der Waals surface area contributed by atoms with E-state index >= 15 is 0 Å². The van der Waals surface area contributed by atoms with Gasteiger partial charge in [0, 0.05) is 43.5 Å². The van der Waals surface area contributed by atoms with Gasteiger partial charge in [-0.1, -0.05) is 18.2 Å². The van der Waals surface area contributed by atoms with Crippen LogP contribution in [-0.2, 0) is 0 Å². The number of para-hydroxylation sites is 1. The van der Waals surface area contributed by atoms with Crippen molar-refractivity contribution in [1.29, 1.82) is 0 Å². The number of pyridine rings is 1. The van der Waals surface area contributed by atoms with Gasteiger partial charge in [-0.15, -0.1) is 0 Å². The minimum absolute atomic E-state index is 0.102. The van der Waals surface area contributed by atoms with Gasteiger partial charge in [0.25, 0.3) is 5.91 Å². The lowest BCUT2D eigenvalue weighted by atomic mass is 10.1. The number of amides is 1. The summed E-state index contributed by atoms with van der Waals surface area (Å²) in [5.41, 5.74) is 1.64. The van der Waals surface area contributed by atoms with Crippen LogP contribution < -0.4 is 19.9 Å². The summed E-state index contributed by atoms with van der Waals surface area (Å²) >= 11 is 0. The Morgan fingerprint density at radius 2 is 1.75 bits per heavy atom. The number of nitrogens with one attached hydrogen (secondary N) is 1. The molecule has 32 heavy (non-hydrogen) atoms. The minimum atomic E-state index is -0.580. The number of rotatable bonds is 6. The zero-order valence-electron chi connectivity index (χ0n) is 17.6. The number of nitro groups is 1. The molecule has 1 aromatic heterocycles. The van der Waals surface area contributed by atoms with Crippen LogP contribution >= 0.6 is 0 Å². The number of ether oxygens (including phenoxy) is 1. The predicted molar refractivity (Wildman–Crippen MR) is 123 cm³/mol. The van der Waals surface area contributed by atoms with Crippen LogP contribution in [0.1, 0.15) is 10.4 Å². The molecule has 2 heterocycles. The molecule has 1 aliphatic heterocycles. The molecule has 0 spiro atoms. The van der Waals surface area contributed by atoms with E-state index in [2.05, 4.69) is 32.2 Å². The molecule has 1 aliphatic rings. The normalized spacial score (nSPS) is 13.5. The number of anilines is 3. The van der Waals surface area contributed by atoms with Gasteiger partial charge < -0.3 is 19.9 Å². The highest BCUT2D eigenvalue weighted by atomic mass is 16.6. The predicted octanol–water partition coefficient (Wildman–Crippen LogP) is 3.58. The summed E-state index contributed by atoms with van der Waals surface area (Å²) in [6, 6.07) is 18.1. The van der Waals surface area contributed by atoms with E-state index in [9.17, 15) is 14.9 Å². The zero-order chi connectivity index (χ0) is 22.5. The largest absolute Gasteiger partial charge is 0.490 e. The van der Waals surface area contributed by atoms with Gasteiger partial charge >= 0.3 is 5.69 Å². The van der Waals surface area contributed by atoms with Crippen molar-refractivity contribution in [2.75, 3.05) is 48.4 Å². The number of hydrogen-bond donors (Lipinski definition) is 1. The van der Waals surface area contributed by atoms with Crippen molar-refractivity contribution in [1.82, 2.24) is 4.98 Å². The van der Waals surface area contributed by atoms with Gasteiger partial charge in [0.1, 0.15) is 5.82 Å². The molecule has 0 unspecified atom stereocenters. The first-order chi connectivity index (χ1) is 15.5. The molecule has 9 heteroatoms. The lowest BCUT2D eigenvalue weighted by molar-refractivity contribution is -0.385. The van der Waals surface area contributed by atoms with E-state index in [4.69, 9.17) is 4.74 Å². The van der Waals surface area contributed by atoms with Crippen LogP contribution in [0.5, 0.6) is 5.75 Å². The maximum absolute atomic E-state index is 12.5. The first-order valence-corrected chi connectivity index (χ1v) is 10.2. The molecule has 4 rings (SSSR count). The number of nitro benzene ring substituents is 1. The maximum Gasteiger partial charge on any atom is 0.311 e. The van der Waals surface area contributed by atoms with Crippen molar-refractivity contribution in [3.8, 4) is 5.75 Å². The van der Waals surface area contributed by atoms with Crippen LogP contribution in [0.3, 0.4) is 0 Å². The lowest BCUT2D eigenvalue weighted by Gasteiger charge is -2.36. The van der Waals surface area contributed by atoms with Crippen molar-refractivity contribution in [3.63, 3.8) is 0 Å². The lowest BCUT2D eigenvalue weighted by Crippen LogP contribution is -2.46. The highest BCUT2D eigenvalue weighted by Crippen LogP contribution is 2.28. The maximum atomic E-state index is 12.5. The summed E-state index contributed by atoms with van der Waals surface area (Å²) < 4.78 is 4.97. The summed E-state index contributed by atoms with van der Waals surface area (Å²) in [5.74, 6) is 0.488. The fourth-order valence-electron chi connectivity index (χ4n) is 3.66. The van der Waals surface area contributed by atoms with Gasteiger partial charge in [0.2, 0.25) is 0 Å². The standard InChI is InChI=1S/C23H23N5O4/c1-32-21-9-7-17(15-20(21)28(30)31)23(29)25-18-8-10-22(24-16-18)27-13-11-26(12-14-27)19-5-3-2-4-6-19/h2-10,15-16H,11-14H2,1H3,(H,25,29). The molecule has 164 valence electrons. The first-order valence-electron chi connectivity index (χ1n) is 10.2. The van der Waals surface area contributed by atoms with E-state index in [1.54, 1.807) is 12.3 Å². The number of carbonyl (C=O) groups excluding carboxylic acids is 1. The summed E-state index contributed by atoms with van der Waals surface area (Å²) in [6.45, 7) is 3.51. The molecule has 1 N–H and O–H groups in total. The third kappa shape index (κ3) is 4.61. The number of carbonyl (C=O) groups is 1. The van der Waals surface area contributed by atoms with Crippen molar-refractivity contribution in [3.05, 3.63) is 82.5 Å². The van der Waals surface area contributed by atoms with E-state index < -0.39 is 10.8 Å². The Hall–Kier alpha value is -4.14. The van der Waals surface area contributed by atoms with Crippen LogP contribution in [0, 0.1) is 10.1 Å². The van der Waals surface area contributed by atoms with Gasteiger partial charge in [-0.05, 0) is 36.4 Å². The quantitative estimate of drug-likeness (QED) is 0.468. The average molecular weight is 433 g/mol. The van der Waals surface area contributed by atoms with Crippen LogP contribution in [-0.4, -0.2) is 49.1 Å². The molecule has 2 aromatic carbocycles. The molecule has 0 bridgehead atoms. The molecule has 9 nitrogen and oxygen atoms in total. The van der Waals surface area contributed by atoms with Crippen molar-refractivity contribution < 1.29 is 14.5 Å². The molecule has 0 saturated carbocycles. The Kier molecular flexibility index (Phi) is 6.16. The fourth-order valence-corrected chi connectivity index (χ4v) is 3.66. The van der Waals surface area contributed by atoms with Crippen LogP contribution in [0.2, 0.25) is 0 Å². The Balaban J connectivity index is 1.38. The molecule has 0 radical (unpaired) electrons. The molecule has 3 aromatic rings. The van der Waals surface area contributed by atoms with E-state index in [0.717, 1.165) is 32.0 Å². The molecule has 0 atom stereocenters.